The van der Waals surface area contributed by atoms with E-state index in [-0.39, 0.29) is 18.4 Å². The van der Waals surface area contributed by atoms with Crippen LogP contribution < -0.4 is 20.1 Å². The number of anilines is 1. The van der Waals surface area contributed by atoms with Crippen molar-refractivity contribution in [3.63, 3.8) is 0 Å². The van der Waals surface area contributed by atoms with Crippen LogP contribution in [-0.4, -0.2) is 25.5 Å². The standard InChI is InChI=1S/C26H25N3O4S/c1-32-21-13-18(14-27)11-12-20(21)33-16-23(30)29-26-24(19-9-5-6-10-22(19)34-26)25(31)28-15-17-7-3-2-4-8-17/h2-4,7-8,11-13H,5-6,9-10,15-16H2,1H3,(H,28,31)(H,29,30). The summed E-state index contributed by atoms with van der Waals surface area (Å²) in [7, 11) is 1.47. The molecule has 0 atom stereocenters. The molecule has 0 spiro atoms. The Morgan fingerprint density at radius 3 is 2.65 bits per heavy atom. The number of nitriles is 1. The summed E-state index contributed by atoms with van der Waals surface area (Å²) in [5.41, 5.74) is 3.03. The minimum Gasteiger partial charge on any atom is -0.493 e. The monoisotopic (exact) mass is 475 g/mol. The number of thiophene rings is 1. The molecule has 174 valence electrons. The van der Waals surface area contributed by atoms with Gasteiger partial charge in [-0.2, -0.15) is 5.26 Å². The van der Waals surface area contributed by atoms with E-state index in [1.807, 2.05) is 36.4 Å². The van der Waals surface area contributed by atoms with Crippen molar-refractivity contribution in [2.24, 2.45) is 0 Å². The van der Waals surface area contributed by atoms with Gasteiger partial charge >= 0.3 is 0 Å². The van der Waals surface area contributed by atoms with Gasteiger partial charge in [-0.05, 0) is 48.9 Å². The van der Waals surface area contributed by atoms with Gasteiger partial charge in [-0.15, -0.1) is 11.3 Å². The third-order valence-corrected chi connectivity index (χ3v) is 6.81. The van der Waals surface area contributed by atoms with Crippen LogP contribution in [0.3, 0.4) is 0 Å². The van der Waals surface area contributed by atoms with E-state index in [9.17, 15) is 9.59 Å². The van der Waals surface area contributed by atoms with Gasteiger partial charge in [0.2, 0.25) is 0 Å². The van der Waals surface area contributed by atoms with Crippen molar-refractivity contribution in [3.05, 3.63) is 75.7 Å². The molecular formula is C26H25N3O4S. The molecule has 0 fully saturated rings. The summed E-state index contributed by atoms with van der Waals surface area (Å²) < 4.78 is 10.9. The zero-order chi connectivity index (χ0) is 23.9. The molecule has 1 aliphatic carbocycles. The van der Waals surface area contributed by atoms with Gasteiger partial charge in [-0.3, -0.25) is 9.59 Å². The Labute approximate surface area is 202 Å². The zero-order valence-corrected chi connectivity index (χ0v) is 19.7. The summed E-state index contributed by atoms with van der Waals surface area (Å²) in [6.07, 6.45) is 3.84. The van der Waals surface area contributed by atoms with Crippen molar-refractivity contribution in [1.82, 2.24) is 5.32 Å². The van der Waals surface area contributed by atoms with E-state index in [0.29, 0.717) is 34.2 Å². The maximum absolute atomic E-state index is 13.1. The van der Waals surface area contributed by atoms with Crippen LogP contribution in [0.2, 0.25) is 0 Å². The highest BCUT2D eigenvalue weighted by Crippen LogP contribution is 2.38. The minimum absolute atomic E-state index is 0.187. The lowest BCUT2D eigenvalue weighted by Gasteiger charge is -2.14. The number of carbonyl (C=O) groups is 2. The van der Waals surface area contributed by atoms with E-state index in [0.717, 1.165) is 41.7 Å². The van der Waals surface area contributed by atoms with Crippen LogP contribution in [-0.2, 0) is 24.2 Å². The number of aryl methyl sites for hydroxylation is 1. The Bertz CT molecular complexity index is 1230. The second-order valence-corrected chi connectivity index (χ2v) is 9.00. The number of methoxy groups -OCH3 is 1. The predicted octanol–water partition coefficient (Wildman–Crippen LogP) is 4.45. The molecule has 2 aromatic carbocycles. The van der Waals surface area contributed by atoms with Crippen molar-refractivity contribution >= 4 is 28.2 Å². The molecule has 2 amide bonds. The molecule has 0 unspecified atom stereocenters. The Hall–Kier alpha value is -3.83. The normalized spacial score (nSPS) is 12.2. The van der Waals surface area contributed by atoms with Crippen LogP contribution in [0.5, 0.6) is 11.5 Å². The van der Waals surface area contributed by atoms with E-state index >= 15 is 0 Å². The number of hydrogen-bond donors (Lipinski definition) is 2. The fraction of sp³-hybridized carbons (Fsp3) is 0.269. The topological polar surface area (TPSA) is 100 Å². The molecular weight excluding hydrogens is 450 g/mol. The van der Waals surface area contributed by atoms with E-state index in [1.165, 1.54) is 18.4 Å². The molecule has 0 aliphatic heterocycles. The first-order chi connectivity index (χ1) is 16.6. The molecule has 0 bridgehead atoms. The molecule has 0 radical (unpaired) electrons. The summed E-state index contributed by atoms with van der Waals surface area (Å²) >= 11 is 1.47. The number of hydrogen-bond acceptors (Lipinski definition) is 6. The largest absolute Gasteiger partial charge is 0.493 e. The Morgan fingerprint density at radius 2 is 1.88 bits per heavy atom. The molecule has 4 rings (SSSR count). The molecule has 0 saturated heterocycles. The molecule has 3 aromatic rings. The number of rotatable bonds is 8. The summed E-state index contributed by atoms with van der Waals surface area (Å²) in [4.78, 5) is 27.0. The molecule has 1 aliphatic rings. The third-order valence-electron chi connectivity index (χ3n) is 5.60. The lowest BCUT2D eigenvalue weighted by molar-refractivity contribution is -0.118. The number of amides is 2. The fourth-order valence-corrected chi connectivity index (χ4v) is 5.23. The molecule has 8 heteroatoms. The van der Waals surface area contributed by atoms with Crippen molar-refractivity contribution in [3.8, 4) is 17.6 Å². The highest BCUT2D eigenvalue weighted by Gasteiger charge is 2.26. The Balaban J connectivity index is 1.47. The van der Waals surface area contributed by atoms with E-state index in [2.05, 4.69) is 10.6 Å². The van der Waals surface area contributed by atoms with Crippen LogP contribution in [0.4, 0.5) is 5.00 Å². The van der Waals surface area contributed by atoms with Crippen molar-refractivity contribution in [2.75, 3.05) is 19.0 Å². The minimum atomic E-state index is -0.373. The van der Waals surface area contributed by atoms with Crippen LogP contribution in [0.15, 0.2) is 48.5 Å². The highest BCUT2D eigenvalue weighted by atomic mass is 32.1. The second kappa shape index (κ2) is 10.9. The summed E-state index contributed by atoms with van der Waals surface area (Å²) in [6, 6.07) is 16.5. The van der Waals surface area contributed by atoms with Crippen LogP contribution in [0, 0.1) is 11.3 Å². The van der Waals surface area contributed by atoms with E-state index < -0.39 is 0 Å². The zero-order valence-electron chi connectivity index (χ0n) is 18.8. The molecule has 1 aromatic heterocycles. The molecule has 34 heavy (non-hydrogen) atoms. The SMILES string of the molecule is COc1cc(C#N)ccc1OCC(=O)Nc1sc2c(c1C(=O)NCc1ccccc1)CCCC2. The van der Waals surface area contributed by atoms with E-state index in [1.54, 1.807) is 18.2 Å². The van der Waals surface area contributed by atoms with Crippen molar-refractivity contribution in [2.45, 2.75) is 32.2 Å². The average Bonchev–Trinajstić information content (AvgIpc) is 3.24. The number of fused-ring (bicyclic) bond motifs is 1. The van der Waals surface area contributed by atoms with Gasteiger partial charge in [-0.25, -0.2) is 0 Å². The van der Waals surface area contributed by atoms with Crippen LogP contribution in [0.25, 0.3) is 0 Å². The lowest BCUT2D eigenvalue weighted by Crippen LogP contribution is -2.26. The average molecular weight is 476 g/mol. The summed E-state index contributed by atoms with van der Waals surface area (Å²) in [5.74, 6) is 0.178. The number of benzene rings is 2. The molecule has 1 heterocycles. The van der Waals surface area contributed by atoms with Gasteiger partial charge in [0, 0.05) is 17.5 Å². The number of nitrogens with one attached hydrogen (secondary N) is 2. The maximum Gasteiger partial charge on any atom is 0.262 e. The molecule has 0 saturated carbocycles. The first-order valence-corrected chi connectivity index (χ1v) is 11.9. The van der Waals surface area contributed by atoms with Crippen molar-refractivity contribution < 1.29 is 19.1 Å². The Morgan fingerprint density at radius 1 is 1.09 bits per heavy atom. The van der Waals surface area contributed by atoms with Crippen molar-refractivity contribution in [1.29, 1.82) is 5.26 Å². The van der Waals surface area contributed by atoms with E-state index in [4.69, 9.17) is 14.7 Å². The smallest absolute Gasteiger partial charge is 0.262 e. The van der Waals surface area contributed by atoms with Crippen LogP contribution in [0.1, 0.15) is 44.8 Å². The van der Waals surface area contributed by atoms with Gasteiger partial charge < -0.3 is 20.1 Å². The first kappa shape index (κ1) is 23.3. The second-order valence-electron chi connectivity index (χ2n) is 7.90. The maximum atomic E-state index is 13.1. The summed E-state index contributed by atoms with van der Waals surface area (Å²) in [6.45, 7) is 0.162. The van der Waals surface area contributed by atoms with Crippen LogP contribution >= 0.6 is 11.3 Å². The predicted molar refractivity (Wildman–Crippen MR) is 130 cm³/mol. The highest BCUT2D eigenvalue weighted by molar-refractivity contribution is 7.17. The number of nitrogens with zero attached hydrogens (tertiary/aromatic N) is 1. The van der Waals surface area contributed by atoms with Gasteiger partial charge in [0.05, 0.1) is 24.3 Å². The lowest BCUT2D eigenvalue weighted by atomic mass is 9.95. The van der Waals surface area contributed by atoms with Gasteiger partial charge in [0.15, 0.2) is 18.1 Å². The van der Waals surface area contributed by atoms with Gasteiger partial charge in [-0.1, -0.05) is 30.3 Å². The van der Waals surface area contributed by atoms with Gasteiger partial charge in [0.25, 0.3) is 11.8 Å². The van der Waals surface area contributed by atoms with Gasteiger partial charge in [0.1, 0.15) is 5.00 Å². The third kappa shape index (κ3) is 5.38. The fourth-order valence-electron chi connectivity index (χ4n) is 3.92. The quantitative estimate of drug-likeness (QED) is 0.501. The Kier molecular flexibility index (Phi) is 7.45. The number of carbonyl (C=O) groups excluding carboxylic acids is 2. The first-order valence-electron chi connectivity index (χ1n) is 11.1. The summed E-state index contributed by atoms with van der Waals surface area (Å²) in [5, 5.41) is 15.5. The molecule has 7 nitrogen and oxygen atoms in total. The molecule has 2 N–H and O–H groups in total. The number of ether oxygens (including phenoxy) is 2.